The molecule has 122 heavy (non-hydrogen) atoms. The second kappa shape index (κ2) is 51.0. The number of ether oxygens (including phenoxy) is 6. The number of nitrogens with zero attached hydrogens (tertiary/aromatic N) is 6. The van der Waals surface area contributed by atoms with E-state index in [0.29, 0.717) is 26.2 Å². The summed E-state index contributed by atoms with van der Waals surface area (Å²) in [5.41, 5.74) is -0.316. The first-order valence-electron chi connectivity index (χ1n) is 42.3. The molecule has 4 aliphatic rings. The van der Waals surface area contributed by atoms with E-state index >= 15 is 0 Å². The van der Waals surface area contributed by atoms with Crippen LogP contribution in [0.3, 0.4) is 0 Å². The minimum absolute atomic E-state index is 0. The molecule has 2 aromatic rings. The van der Waals surface area contributed by atoms with Gasteiger partial charge in [0.2, 0.25) is 0 Å². The number of benzene rings is 2. The summed E-state index contributed by atoms with van der Waals surface area (Å²) >= 11 is 2.15. The van der Waals surface area contributed by atoms with Crippen LogP contribution in [0.4, 0.5) is 28.8 Å². The smallest absolute Gasteiger partial charge is 0.668 e. The molecule has 4 fully saturated rings. The van der Waals surface area contributed by atoms with Crippen LogP contribution in [-0.2, 0) is 59.3 Å². The van der Waals surface area contributed by atoms with Gasteiger partial charge in [0.25, 0.3) is 0 Å². The standard InChI is InChI=1S/C24H40N2O5Si.C23H38N2O5Si.C16H34N2O3Si.C15H32N2O3Si.C6H18NSi2.C2H3N.CH3I.CH4.Na.H2/c1-23(2,3)30-21(27)25(7)19-15-26(16-20(19)31-32(8,9)24(4,5)6)22(28)29-17-18-13-11-10-12-14-18;1-22(2,3)29-20(26)24-18-14-25(15-19(18)30-31(7,8)23(4,5)6)21(27)28-16-17-12-10-9-11-13-17;1-15(2,3)20-14(19)18(7)12-10-17-11-13(12)21-22(8,9)16(4,5)6;1-14(2,3)19-13(18)17-11-9-16-10-12(11)20-21(7,8)15(4,5)6;1-8(2,3)7-9(4,5)6;1-2-3;1-2;;;/h10-14,19-20H,15-17H2,1-9H3;9-13,18-19H,14-16H2,1-8H3,(H,24,26);12-13,17H,10-11H2,1-9H3;11-12,16H,9-10H2,1-8H3,(H,17,18);1-6H3;1H3;1H3;1H4;;1H/q;;;;-1;;;;+1;/t19-,20+;18-,19+;12-,13+;11-,12+;;;;;;/m1111....../s1. The predicted molar refractivity (Wildman–Crippen MR) is 522 cm³/mol. The van der Waals surface area contributed by atoms with Crippen molar-refractivity contribution in [3.63, 3.8) is 0 Å². The van der Waals surface area contributed by atoms with Crippen LogP contribution in [0, 0.1) is 11.3 Å². The van der Waals surface area contributed by atoms with E-state index in [1.54, 1.807) is 39.8 Å². The molecule has 4 aliphatic heterocycles. The van der Waals surface area contributed by atoms with E-state index < -0.39 is 96.5 Å². The number of rotatable bonds is 18. The average molecular weight is 1950 g/mol. The molecule has 26 nitrogen and oxygen atoms in total. The Morgan fingerprint density at radius 1 is 0.443 bits per heavy atom. The number of nitriles is 1. The molecule has 0 saturated carbocycles. The minimum Gasteiger partial charge on any atom is -0.668 e. The first-order valence-corrected chi connectivity index (χ1v) is 63.0. The summed E-state index contributed by atoms with van der Waals surface area (Å²) < 4.78 is 63.8. The van der Waals surface area contributed by atoms with Gasteiger partial charge in [0.15, 0.2) is 33.3 Å². The number of halogens is 1. The van der Waals surface area contributed by atoms with Gasteiger partial charge in [-0.3, -0.25) is 0 Å². The van der Waals surface area contributed by atoms with Gasteiger partial charge in [-0.15, -0.1) is 0 Å². The van der Waals surface area contributed by atoms with Crippen LogP contribution in [0.25, 0.3) is 4.65 Å². The number of carbonyl (C=O) groups excluding carboxylic acids is 6. The van der Waals surface area contributed by atoms with Gasteiger partial charge in [0.1, 0.15) is 35.6 Å². The van der Waals surface area contributed by atoms with Crippen molar-refractivity contribution in [2.24, 2.45) is 0 Å². The third-order valence-corrected chi connectivity index (χ3v) is 44.5. The Hall–Kier alpha value is -3.70. The first-order chi connectivity index (χ1) is 54.0. The van der Waals surface area contributed by atoms with Gasteiger partial charge in [-0.1, -0.05) is 230 Å². The first kappa shape index (κ1) is 122. The number of alkyl halides is 1. The van der Waals surface area contributed by atoms with Crippen LogP contribution in [-0.4, -0.2) is 248 Å². The molecule has 8 atom stereocenters. The maximum absolute atomic E-state index is 12.8. The van der Waals surface area contributed by atoms with Gasteiger partial charge in [-0.05, 0) is 172 Å². The van der Waals surface area contributed by atoms with Crippen molar-refractivity contribution >= 4 is 109 Å². The number of hydrogen-bond acceptors (Lipinski definition) is 19. The fraction of sp³-hybridized carbons (Fsp3) is 0.784. The maximum Gasteiger partial charge on any atom is 1.00 e. The Bertz CT molecular complexity index is 3470. The molecular weight excluding hydrogens is 1770 g/mol. The van der Waals surface area contributed by atoms with Crippen molar-refractivity contribution in [3.8, 4) is 6.07 Å². The van der Waals surface area contributed by atoms with Crippen LogP contribution in [0.2, 0.25) is 112 Å². The predicted octanol–water partition coefficient (Wildman–Crippen LogP) is 18.8. The molecule has 0 radical (unpaired) electrons. The van der Waals surface area contributed by atoms with E-state index in [1.807, 2.05) is 149 Å². The number of likely N-dealkylation sites (N-methyl/N-ethyl adjacent to an activating group) is 2. The quantitative estimate of drug-likeness (QED) is 0.0467. The molecule has 0 spiro atoms. The zero-order valence-electron chi connectivity index (χ0n) is 83.6. The Kier molecular flexibility index (Phi) is 51.2. The number of nitrogens with one attached hydrogen (secondary N) is 4. The van der Waals surface area contributed by atoms with Crippen LogP contribution in [0.1, 0.15) is 193 Å². The molecular formula is C88H174IN10NaO16Si6. The fourth-order valence-corrected chi connectivity index (χ4v) is 24.8. The van der Waals surface area contributed by atoms with E-state index in [1.165, 1.54) is 6.92 Å². The van der Waals surface area contributed by atoms with Crippen LogP contribution >= 0.6 is 22.6 Å². The molecule has 704 valence electrons. The molecule has 4 saturated heterocycles. The minimum atomic E-state index is -2.13. The van der Waals surface area contributed by atoms with Crippen molar-refractivity contribution in [2.75, 3.05) is 71.4 Å². The Balaban J connectivity index is -0.000000731. The number of carbonyl (C=O) groups is 6. The molecule has 2 aromatic carbocycles. The van der Waals surface area contributed by atoms with Crippen LogP contribution in [0.5, 0.6) is 0 Å². The molecule has 0 aliphatic carbocycles. The van der Waals surface area contributed by atoms with E-state index in [2.05, 4.69) is 219 Å². The Morgan fingerprint density at radius 2 is 0.730 bits per heavy atom. The zero-order chi connectivity index (χ0) is 94.0. The third kappa shape index (κ3) is 47.6. The summed E-state index contributed by atoms with van der Waals surface area (Å²) in [6.07, 6.45) is -3.01. The molecule has 6 rings (SSSR count). The largest absolute Gasteiger partial charge is 1.00 e. The second-order valence-electron chi connectivity index (χ2n) is 43.4. The zero-order valence-corrected chi connectivity index (χ0v) is 93.7. The third-order valence-electron chi connectivity index (χ3n) is 21.2. The van der Waals surface area contributed by atoms with E-state index in [-0.39, 0.29) is 133 Å². The summed E-state index contributed by atoms with van der Waals surface area (Å²) in [5, 5.41) is 20.1. The molecule has 6 amide bonds. The van der Waals surface area contributed by atoms with Crippen LogP contribution in [0.15, 0.2) is 60.7 Å². The van der Waals surface area contributed by atoms with Gasteiger partial charge in [-0.2, -0.15) is 5.26 Å². The molecule has 0 aromatic heterocycles. The fourth-order valence-electron chi connectivity index (χ4n) is 11.3. The van der Waals surface area contributed by atoms with Gasteiger partial charge in [0.05, 0.1) is 67.7 Å². The van der Waals surface area contributed by atoms with Crippen molar-refractivity contribution in [1.29, 1.82) is 5.26 Å². The monoisotopic (exact) mass is 1950 g/mol. The Morgan fingerprint density at radius 3 is 1.06 bits per heavy atom. The SMILES string of the molecule is C.CC#N.CC(C)(C)OC(=O)N[C@@H]1CN(C(=O)OCc2ccccc2)C[C@@H]1O[Si](C)(C)C(C)(C)C.CC(C)(C)OC(=O)N[C@@H]1CNC[C@@H]1O[Si](C)(C)C(C)(C)C.CI.CN(C(=O)OC(C)(C)C)[C@@H]1CN(C(=O)OCc2ccccc2)C[C@@H]1O[Si](C)(C)C(C)(C)C.CN(C(=O)OC(C)(C)C)[C@@H]1CNC[C@@H]1O[Si](C)(C)C(C)(C)C.C[Si](C)(C)[N-][Si](C)(C)C.[HH].[Na+]. The molecule has 0 unspecified atom stereocenters. The van der Waals surface area contributed by atoms with Crippen molar-refractivity contribution < 1.29 is 106 Å². The van der Waals surface area contributed by atoms with E-state index in [0.717, 1.165) is 37.3 Å². The number of likely N-dealkylation sites (tertiary alicyclic amines) is 2. The second-order valence-corrected chi connectivity index (χ2v) is 72.0. The van der Waals surface area contributed by atoms with Crippen molar-refractivity contribution in [2.45, 2.75) is 377 Å². The van der Waals surface area contributed by atoms with Gasteiger partial charge < -0.3 is 91.6 Å². The normalized spacial score (nSPS) is 19.7. The number of hydrogen-bond donors (Lipinski definition) is 4. The van der Waals surface area contributed by atoms with Crippen molar-refractivity contribution in [1.82, 2.24) is 40.9 Å². The van der Waals surface area contributed by atoms with Gasteiger partial charge in [-0.25, -0.2) is 28.8 Å². The Labute approximate surface area is 785 Å². The van der Waals surface area contributed by atoms with E-state index in [4.69, 9.17) is 56.0 Å². The average Bonchev–Trinajstić information content (AvgIpc) is 1.67. The molecule has 4 N–H and O–H groups in total. The summed E-state index contributed by atoms with van der Waals surface area (Å²) in [5.74, 6) is 0. The number of amides is 6. The summed E-state index contributed by atoms with van der Waals surface area (Å²) in [4.78, 5) is 83.3. The van der Waals surface area contributed by atoms with Gasteiger partial charge >= 0.3 is 66.1 Å². The maximum atomic E-state index is 12.8. The summed E-state index contributed by atoms with van der Waals surface area (Å²) in [7, 11) is -6.65. The van der Waals surface area contributed by atoms with E-state index in [9.17, 15) is 28.8 Å². The van der Waals surface area contributed by atoms with Gasteiger partial charge in [0, 0.05) is 61.7 Å². The summed E-state index contributed by atoms with van der Waals surface area (Å²) in [6.45, 7) is 86.2. The number of alkyl carbamates (subject to hydrolysis) is 2. The van der Waals surface area contributed by atoms with Crippen molar-refractivity contribution in [3.05, 3.63) is 76.4 Å². The summed E-state index contributed by atoms with van der Waals surface area (Å²) in [6, 6.07) is 20.2. The molecule has 4 heterocycles. The topological polar surface area (TPSA) is 294 Å². The molecule has 0 bridgehead atoms. The molecule has 34 heteroatoms. The van der Waals surface area contributed by atoms with Crippen LogP contribution < -0.4 is 50.8 Å².